The molecule has 1 aromatic carbocycles. The van der Waals surface area contributed by atoms with Gasteiger partial charge >= 0.3 is 5.97 Å². The van der Waals surface area contributed by atoms with Gasteiger partial charge in [0, 0.05) is 12.6 Å². The first-order valence-corrected chi connectivity index (χ1v) is 6.30. The van der Waals surface area contributed by atoms with Crippen LogP contribution >= 0.6 is 0 Å². The highest BCUT2D eigenvalue weighted by Crippen LogP contribution is 2.24. The molecule has 1 aromatic rings. The Hall–Kier alpha value is -1.42. The normalized spacial score (nSPS) is 16.4. The van der Waals surface area contributed by atoms with Gasteiger partial charge in [-0.25, -0.2) is 9.18 Å². The van der Waals surface area contributed by atoms with Gasteiger partial charge in [-0.1, -0.05) is 18.9 Å². The molecular formula is C14H18FNO2. The van der Waals surface area contributed by atoms with E-state index in [1.54, 1.807) is 6.07 Å². The van der Waals surface area contributed by atoms with Crippen molar-refractivity contribution in [3.63, 3.8) is 0 Å². The van der Waals surface area contributed by atoms with Gasteiger partial charge < -0.3 is 5.11 Å². The first kappa shape index (κ1) is 13.0. The van der Waals surface area contributed by atoms with E-state index in [1.165, 1.54) is 31.7 Å². The van der Waals surface area contributed by atoms with Gasteiger partial charge in [0.05, 0.1) is 5.56 Å². The second-order valence-electron chi connectivity index (χ2n) is 4.96. The number of nitrogens with zero attached hydrogens (tertiary/aromatic N) is 1. The molecule has 0 aromatic heterocycles. The molecule has 0 amide bonds. The number of aromatic carboxylic acids is 1. The summed E-state index contributed by atoms with van der Waals surface area (Å²) in [5, 5.41) is 9.08. The lowest BCUT2D eigenvalue weighted by atomic mass is 10.1. The summed E-state index contributed by atoms with van der Waals surface area (Å²) in [5.74, 6) is -1.57. The van der Waals surface area contributed by atoms with E-state index in [0.717, 1.165) is 6.07 Å². The number of benzene rings is 1. The zero-order valence-corrected chi connectivity index (χ0v) is 10.5. The molecule has 1 aliphatic rings. The lowest BCUT2D eigenvalue weighted by Crippen LogP contribution is -2.29. The van der Waals surface area contributed by atoms with E-state index in [9.17, 15) is 9.18 Å². The minimum Gasteiger partial charge on any atom is -0.478 e. The van der Waals surface area contributed by atoms with Crippen LogP contribution in [-0.4, -0.2) is 29.1 Å². The molecule has 98 valence electrons. The SMILES string of the molecule is CN(Cc1ccc(F)cc1C(=O)O)C1CCCC1. The van der Waals surface area contributed by atoms with Crippen LogP contribution in [0.15, 0.2) is 18.2 Å². The molecule has 1 fully saturated rings. The fourth-order valence-corrected chi connectivity index (χ4v) is 2.63. The maximum absolute atomic E-state index is 13.1. The Kier molecular flexibility index (Phi) is 3.97. The van der Waals surface area contributed by atoms with Crippen LogP contribution in [0.25, 0.3) is 0 Å². The molecule has 1 aliphatic carbocycles. The Morgan fingerprint density at radius 2 is 2.11 bits per heavy atom. The van der Waals surface area contributed by atoms with Crippen LogP contribution in [0.4, 0.5) is 4.39 Å². The van der Waals surface area contributed by atoms with Crippen molar-refractivity contribution in [3.8, 4) is 0 Å². The third kappa shape index (κ3) is 2.88. The molecule has 1 N–H and O–H groups in total. The minimum atomic E-state index is -1.07. The third-order valence-corrected chi connectivity index (χ3v) is 3.67. The maximum Gasteiger partial charge on any atom is 0.336 e. The standard InChI is InChI=1S/C14H18FNO2/c1-16(12-4-2-3-5-12)9-10-6-7-11(15)8-13(10)14(17)18/h6-8,12H,2-5,9H2,1H3,(H,17,18). The first-order valence-electron chi connectivity index (χ1n) is 6.30. The summed E-state index contributed by atoms with van der Waals surface area (Å²) < 4.78 is 13.1. The minimum absolute atomic E-state index is 0.0693. The van der Waals surface area contributed by atoms with Crippen molar-refractivity contribution in [1.29, 1.82) is 0 Å². The number of halogens is 1. The summed E-state index contributed by atoms with van der Waals surface area (Å²) in [7, 11) is 2.00. The molecule has 0 radical (unpaired) electrons. The van der Waals surface area contributed by atoms with Crippen LogP contribution in [0.1, 0.15) is 41.6 Å². The fourth-order valence-electron chi connectivity index (χ4n) is 2.63. The number of hydrogen-bond donors (Lipinski definition) is 1. The molecule has 0 saturated heterocycles. The Morgan fingerprint density at radius 1 is 1.44 bits per heavy atom. The van der Waals surface area contributed by atoms with Crippen molar-refractivity contribution in [2.45, 2.75) is 38.3 Å². The number of hydrogen-bond acceptors (Lipinski definition) is 2. The Balaban J connectivity index is 2.15. The summed E-state index contributed by atoms with van der Waals surface area (Å²) in [5.41, 5.74) is 0.748. The molecule has 18 heavy (non-hydrogen) atoms. The van der Waals surface area contributed by atoms with Gasteiger partial charge in [-0.2, -0.15) is 0 Å². The molecule has 1 saturated carbocycles. The van der Waals surface area contributed by atoms with Gasteiger partial charge in [-0.3, -0.25) is 4.90 Å². The summed E-state index contributed by atoms with van der Waals surface area (Å²) >= 11 is 0. The van der Waals surface area contributed by atoms with Gasteiger partial charge in [0.2, 0.25) is 0 Å². The maximum atomic E-state index is 13.1. The van der Waals surface area contributed by atoms with Crippen LogP contribution in [-0.2, 0) is 6.54 Å². The van der Waals surface area contributed by atoms with Crippen molar-refractivity contribution in [2.75, 3.05) is 7.05 Å². The van der Waals surface area contributed by atoms with Crippen LogP contribution in [0, 0.1) is 5.82 Å². The van der Waals surface area contributed by atoms with Crippen molar-refractivity contribution in [1.82, 2.24) is 4.90 Å². The molecular weight excluding hydrogens is 233 g/mol. The smallest absolute Gasteiger partial charge is 0.336 e. The van der Waals surface area contributed by atoms with E-state index in [-0.39, 0.29) is 5.56 Å². The Morgan fingerprint density at radius 3 is 2.72 bits per heavy atom. The van der Waals surface area contributed by atoms with Crippen molar-refractivity contribution in [3.05, 3.63) is 35.1 Å². The predicted molar refractivity (Wildman–Crippen MR) is 67.1 cm³/mol. The molecule has 0 aliphatic heterocycles. The number of carbonyl (C=O) groups is 1. The predicted octanol–water partition coefficient (Wildman–Crippen LogP) is 2.90. The quantitative estimate of drug-likeness (QED) is 0.894. The van der Waals surface area contributed by atoms with Crippen molar-refractivity contribution < 1.29 is 14.3 Å². The largest absolute Gasteiger partial charge is 0.478 e. The van der Waals surface area contributed by atoms with Crippen molar-refractivity contribution in [2.24, 2.45) is 0 Å². The molecule has 0 spiro atoms. The molecule has 0 atom stereocenters. The lowest BCUT2D eigenvalue weighted by Gasteiger charge is -2.24. The topological polar surface area (TPSA) is 40.5 Å². The van der Waals surface area contributed by atoms with E-state index in [1.807, 2.05) is 7.05 Å². The Labute approximate surface area is 106 Å². The van der Waals surface area contributed by atoms with Crippen LogP contribution in [0.5, 0.6) is 0 Å². The average Bonchev–Trinajstić information content (AvgIpc) is 2.84. The number of carboxylic acid groups (broad SMARTS) is 1. The highest BCUT2D eigenvalue weighted by atomic mass is 19.1. The molecule has 0 bridgehead atoms. The average molecular weight is 251 g/mol. The van der Waals surface area contributed by atoms with Gasteiger partial charge in [0.15, 0.2) is 0 Å². The summed E-state index contributed by atoms with van der Waals surface area (Å²) in [4.78, 5) is 13.3. The van der Waals surface area contributed by atoms with E-state index in [4.69, 9.17) is 5.11 Å². The monoisotopic (exact) mass is 251 g/mol. The Bertz CT molecular complexity index is 441. The highest BCUT2D eigenvalue weighted by molar-refractivity contribution is 5.89. The summed E-state index contributed by atoms with van der Waals surface area (Å²) in [6.07, 6.45) is 4.81. The van der Waals surface area contributed by atoms with Gasteiger partial charge in [0.1, 0.15) is 5.82 Å². The fraction of sp³-hybridized carbons (Fsp3) is 0.500. The van der Waals surface area contributed by atoms with E-state index < -0.39 is 11.8 Å². The zero-order valence-electron chi connectivity index (χ0n) is 10.5. The lowest BCUT2D eigenvalue weighted by molar-refractivity contribution is 0.0693. The van der Waals surface area contributed by atoms with Crippen LogP contribution in [0.3, 0.4) is 0 Å². The number of carboxylic acids is 1. The van der Waals surface area contributed by atoms with E-state index >= 15 is 0 Å². The molecule has 0 unspecified atom stereocenters. The molecule has 0 heterocycles. The van der Waals surface area contributed by atoms with Gasteiger partial charge in [0.25, 0.3) is 0 Å². The second kappa shape index (κ2) is 5.48. The van der Waals surface area contributed by atoms with Crippen molar-refractivity contribution >= 4 is 5.97 Å². The van der Waals surface area contributed by atoms with Crippen LogP contribution in [0.2, 0.25) is 0 Å². The number of rotatable bonds is 4. The first-order chi connectivity index (χ1) is 8.58. The third-order valence-electron chi connectivity index (χ3n) is 3.67. The van der Waals surface area contributed by atoms with E-state index in [0.29, 0.717) is 18.2 Å². The van der Waals surface area contributed by atoms with Gasteiger partial charge in [-0.15, -0.1) is 0 Å². The highest BCUT2D eigenvalue weighted by Gasteiger charge is 2.21. The van der Waals surface area contributed by atoms with Gasteiger partial charge in [-0.05, 0) is 37.6 Å². The van der Waals surface area contributed by atoms with Crippen LogP contribution < -0.4 is 0 Å². The zero-order chi connectivity index (χ0) is 13.1. The molecule has 3 nitrogen and oxygen atoms in total. The molecule has 2 rings (SSSR count). The second-order valence-corrected chi connectivity index (χ2v) is 4.96. The summed E-state index contributed by atoms with van der Waals surface area (Å²) in [6, 6.07) is 4.52. The summed E-state index contributed by atoms with van der Waals surface area (Å²) in [6.45, 7) is 0.562. The molecule has 4 heteroatoms. The van der Waals surface area contributed by atoms with E-state index in [2.05, 4.69) is 4.90 Å².